The summed E-state index contributed by atoms with van der Waals surface area (Å²) in [6.07, 6.45) is 3.70. The predicted octanol–water partition coefficient (Wildman–Crippen LogP) is 2.91. The maximum atomic E-state index is 12.3. The highest BCUT2D eigenvalue weighted by Gasteiger charge is 2.31. The fraction of sp³-hybridized carbons (Fsp3) is 0.625. The van der Waals surface area contributed by atoms with Crippen molar-refractivity contribution >= 4 is 23.2 Å². The van der Waals surface area contributed by atoms with Crippen LogP contribution < -0.4 is 5.32 Å². The molecular formula is C16H24N2O2S. The topological polar surface area (TPSA) is 49.4 Å². The third-order valence-corrected chi connectivity index (χ3v) is 4.35. The Kier molecular flexibility index (Phi) is 5.79. The number of amides is 2. The standard InChI is InChI=1S/C16H24N2O2S/c1-12(2)6-9-18(14-3-4-14)15(19)5-8-17-16(20)13-7-10-21-11-13/h7,10-12,14H,3-6,8-9H2,1-2H3,(H,17,20). The Morgan fingerprint density at radius 3 is 2.76 bits per heavy atom. The van der Waals surface area contributed by atoms with Crippen molar-refractivity contribution in [1.29, 1.82) is 0 Å². The first-order chi connectivity index (χ1) is 10.1. The van der Waals surface area contributed by atoms with Gasteiger partial charge in [-0.05, 0) is 36.6 Å². The van der Waals surface area contributed by atoms with Crippen LogP contribution in [0, 0.1) is 5.92 Å². The molecule has 1 aromatic heterocycles. The fourth-order valence-electron chi connectivity index (χ4n) is 2.22. The van der Waals surface area contributed by atoms with E-state index in [1.54, 1.807) is 6.07 Å². The first-order valence-corrected chi connectivity index (χ1v) is 8.62. The van der Waals surface area contributed by atoms with Crippen molar-refractivity contribution in [2.24, 2.45) is 5.92 Å². The largest absolute Gasteiger partial charge is 0.351 e. The van der Waals surface area contributed by atoms with Crippen molar-refractivity contribution < 1.29 is 9.59 Å². The molecule has 1 aromatic rings. The van der Waals surface area contributed by atoms with Gasteiger partial charge in [-0.2, -0.15) is 11.3 Å². The summed E-state index contributed by atoms with van der Waals surface area (Å²) in [5, 5.41) is 6.51. The van der Waals surface area contributed by atoms with E-state index in [1.807, 2.05) is 15.7 Å². The third kappa shape index (κ3) is 5.16. The minimum atomic E-state index is -0.0933. The van der Waals surface area contributed by atoms with Crippen molar-refractivity contribution in [3.63, 3.8) is 0 Å². The molecule has 1 heterocycles. The molecule has 2 amide bonds. The van der Waals surface area contributed by atoms with E-state index in [0.29, 0.717) is 30.5 Å². The van der Waals surface area contributed by atoms with E-state index in [4.69, 9.17) is 0 Å². The Bertz CT molecular complexity index is 467. The Morgan fingerprint density at radius 1 is 1.43 bits per heavy atom. The van der Waals surface area contributed by atoms with Gasteiger partial charge in [-0.3, -0.25) is 9.59 Å². The van der Waals surface area contributed by atoms with Crippen molar-refractivity contribution in [3.8, 4) is 0 Å². The molecule has 1 aliphatic carbocycles. The molecule has 4 nitrogen and oxygen atoms in total. The lowest BCUT2D eigenvalue weighted by atomic mass is 10.1. The maximum absolute atomic E-state index is 12.3. The first kappa shape index (κ1) is 16.0. The molecule has 2 rings (SSSR count). The minimum absolute atomic E-state index is 0.0933. The average Bonchev–Trinajstić information content (AvgIpc) is 3.11. The zero-order chi connectivity index (χ0) is 15.2. The van der Waals surface area contributed by atoms with E-state index in [9.17, 15) is 9.59 Å². The molecule has 0 spiro atoms. The van der Waals surface area contributed by atoms with Crippen LogP contribution in [0.25, 0.3) is 0 Å². The second kappa shape index (κ2) is 7.59. The molecule has 116 valence electrons. The van der Waals surface area contributed by atoms with Crippen molar-refractivity contribution in [3.05, 3.63) is 22.4 Å². The number of hydrogen-bond acceptors (Lipinski definition) is 3. The Morgan fingerprint density at radius 2 is 2.19 bits per heavy atom. The van der Waals surface area contributed by atoms with E-state index in [-0.39, 0.29) is 11.8 Å². The Labute approximate surface area is 130 Å². The van der Waals surface area contributed by atoms with Gasteiger partial charge in [0.1, 0.15) is 0 Å². The van der Waals surface area contributed by atoms with Crippen molar-refractivity contribution in [2.45, 2.75) is 45.6 Å². The molecule has 0 aromatic carbocycles. The molecule has 1 aliphatic rings. The van der Waals surface area contributed by atoms with Gasteiger partial charge >= 0.3 is 0 Å². The highest BCUT2D eigenvalue weighted by Crippen LogP contribution is 2.27. The summed E-state index contributed by atoms with van der Waals surface area (Å²) < 4.78 is 0. The summed E-state index contributed by atoms with van der Waals surface area (Å²) in [5.74, 6) is 0.685. The quantitative estimate of drug-likeness (QED) is 0.803. The van der Waals surface area contributed by atoms with E-state index < -0.39 is 0 Å². The molecule has 0 unspecified atom stereocenters. The normalized spacial score (nSPS) is 14.2. The number of nitrogens with zero attached hydrogens (tertiary/aromatic N) is 1. The summed E-state index contributed by atoms with van der Waals surface area (Å²) in [6.45, 7) is 5.62. The lowest BCUT2D eigenvalue weighted by Crippen LogP contribution is -2.37. The van der Waals surface area contributed by atoms with Crippen LogP contribution in [0.1, 0.15) is 49.9 Å². The highest BCUT2D eigenvalue weighted by atomic mass is 32.1. The SMILES string of the molecule is CC(C)CCN(C(=O)CCNC(=O)c1ccsc1)C1CC1. The van der Waals surface area contributed by atoms with E-state index in [2.05, 4.69) is 19.2 Å². The van der Waals surface area contributed by atoms with Gasteiger partial charge in [-0.15, -0.1) is 0 Å². The van der Waals surface area contributed by atoms with Crippen LogP contribution in [-0.4, -0.2) is 35.8 Å². The van der Waals surface area contributed by atoms with E-state index in [1.165, 1.54) is 11.3 Å². The molecule has 0 radical (unpaired) electrons. The van der Waals surface area contributed by atoms with E-state index in [0.717, 1.165) is 25.8 Å². The monoisotopic (exact) mass is 308 g/mol. The second-order valence-corrected chi connectivity index (χ2v) is 6.80. The molecule has 1 N–H and O–H groups in total. The zero-order valence-electron chi connectivity index (χ0n) is 12.8. The van der Waals surface area contributed by atoms with Crippen molar-refractivity contribution in [2.75, 3.05) is 13.1 Å². The van der Waals surface area contributed by atoms with Gasteiger partial charge in [0.25, 0.3) is 5.91 Å². The van der Waals surface area contributed by atoms with Crippen LogP contribution in [-0.2, 0) is 4.79 Å². The number of nitrogens with one attached hydrogen (secondary N) is 1. The molecule has 21 heavy (non-hydrogen) atoms. The first-order valence-electron chi connectivity index (χ1n) is 7.67. The molecule has 1 fully saturated rings. The Hall–Kier alpha value is -1.36. The lowest BCUT2D eigenvalue weighted by molar-refractivity contribution is -0.131. The second-order valence-electron chi connectivity index (χ2n) is 6.02. The van der Waals surface area contributed by atoms with Gasteiger partial charge in [0, 0.05) is 36.5 Å². The number of hydrogen-bond donors (Lipinski definition) is 1. The van der Waals surface area contributed by atoms with Gasteiger partial charge in [-0.1, -0.05) is 13.8 Å². The van der Waals surface area contributed by atoms with Crippen LogP contribution in [0.4, 0.5) is 0 Å². The zero-order valence-corrected chi connectivity index (χ0v) is 13.6. The molecule has 0 bridgehead atoms. The van der Waals surface area contributed by atoms with Crippen LogP contribution in [0.3, 0.4) is 0 Å². The summed E-state index contributed by atoms with van der Waals surface area (Å²) in [5.41, 5.74) is 0.673. The molecule has 1 saturated carbocycles. The van der Waals surface area contributed by atoms with Crippen LogP contribution in [0.15, 0.2) is 16.8 Å². The van der Waals surface area contributed by atoms with Crippen LogP contribution in [0.2, 0.25) is 0 Å². The smallest absolute Gasteiger partial charge is 0.252 e. The number of carbonyl (C=O) groups is 2. The fourth-order valence-corrected chi connectivity index (χ4v) is 2.85. The molecular weight excluding hydrogens is 284 g/mol. The van der Waals surface area contributed by atoms with Crippen LogP contribution in [0.5, 0.6) is 0 Å². The lowest BCUT2D eigenvalue weighted by Gasteiger charge is -2.23. The van der Waals surface area contributed by atoms with Crippen LogP contribution >= 0.6 is 11.3 Å². The summed E-state index contributed by atoms with van der Waals surface area (Å²) in [6, 6.07) is 2.24. The van der Waals surface area contributed by atoms with Gasteiger partial charge < -0.3 is 10.2 Å². The van der Waals surface area contributed by atoms with Gasteiger partial charge in [0.15, 0.2) is 0 Å². The highest BCUT2D eigenvalue weighted by molar-refractivity contribution is 7.08. The molecule has 0 aliphatic heterocycles. The number of thiophene rings is 1. The predicted molar refractivity (Wildman–Crippen MR) is 85.5 cm³/mol. The summed E-state index contributed by atoms with van der Waals surface area (Å²) in [7, 11) is 0. The maximum Gasteiger partial charge on any atom is 0.252 e. The minimum Gasteiger partial charge on any atom is -0.351 e. The van der Waals surface area contributed by atoms with Gasteiger partial charge in [0.2, 0.25) is 5.91 Å². The van der Waals surface area contributed by atoms with Crippen molar-refractivity contribution in [1.82, 2.24) is 10.2 Å². The van der Waals surface area contributed by atoms with Gasteiger partial charge in [-0.25, -0.2) is 0 Å². The average molecular weight is 308 g/mol. The van der Waals surface area contributed by atoms with Gasteiger partial charge in [0.05, 0.1) is 0 Å². The number of rotatable bonds is 8. The Balaban J connectivity index is 1.73. The summed E-state index contributed by atoms with van der Waals surface area (Å²) >= 11 is 1.50. The van der Waals surface area contributed by atoms with E-state index >= 15 is 0 Å². The third-order valence-electron chi connectivity index (χ3n) is 3.66. The molecule has 0 saturated heterocycles. The number of carbonyl (C=O) groups excluding carboxylic acids is 2. The molecule has 5 heteroatoms. The summed E-state index contributed by atoms with van der Waals surface area (Å²) in [4.78, 5) is 26.1. The molecule has 0 atom stereocenters.